The molecule has 3 aromatic rings. The van der Waals surface area contributed by atoms with Crippen LogP contribution in [0.1, 0.15) is 32.3 Å². The maximum atomic E-state index is 13.4. The number of thioether (sulfide) groups is 1. The lowest BCUT2D eigenvalue weighted by molar-refractivity contribution is -0.128. The van der Waals surface area contributed by atoms with Gasteiger partial charge < -0.3 is 4.90 Å². The van der Waals surface area contributed by atoms with Crippen molar-refractivity contribution in [3.05, 3.63) is 62.0 Å². The Kier molecular flexibility index (Phi) is 7.93. The Morgan fingerprint density at radius 2 is 1.83 bits per heavy atom. The highest BCUT2D eigenvalue weighted by molar-refractivity contribution is 14.1. The fourth-order valence-corrected chi connectivity index (χ4v) is 4.78. The van der Waals surface area contributed by atoms with E-state index >= 15 is 0 Å². The Morgan fingerprint density at radius 1 is 1.13 bits per heavy atom. The molecule has 158 valence electrons. The predicted molar refractivity (Wildman–Crippen MR) is 133 cm³/mol. The normalized spacial score (nSPS) is 11.1. The van der Waals surface area contributed by atoms with E-state index < -0.39 is 0 Å². The topological polar surface area (TPSA) is 55.2 Å². The van der Waals surface area contributed by atoms with Crippen molar-refractivity contribution >= 4 is 51.2 Å². The van der Waals surface area contributed by atoms with Gasteiger partial charge in [-0.2, -0.15) is 0 Å². The van der Waals surface area contributed by atoms with Crippen LogP contribution in [0.4, 0.5) is 0 Å². The molecule has 0 aliphatic carbocycles. The molecule has 1 heterocycles. The summed E-state index contributed by atoms with van der Waals surface area (Å²) in [6.45, 7) is 7.63. The third kappa shape index (κ3) is 5.06. The number of halogens is 1. The number of aryl methyl sites for hydroxylation is 1. The van der Waals surface area contributed by atoms with Crippen molar-refractivity contribution in [3.8, 4) is 5.69 Å². The lowest BCUT2D eigenvalue weighted by Gasteiger charge is -2.21. The summed E-state index contributed by atoms with van der Waals surface area (Å²) in [6.07, 6.45) is 1.86. The second-order valence-electron chi connectivity index (χ2n) is 7.15. The van der Waals surface area contributed by atoms with Crippen LogP contribution < -0.4 is 5.56 Å². The van der Waals surface area contributed by atoms with E-state index in [4.69, 9.17) is 4.98 Å². The van der Waals surface area contributed by atoms with Gasteiger partial charge in [-0.1, -0.05) is 43.8 Å². The highest BCUT2D eigenvalue weighted by atomic mass is 127. The molecule has 0 atom stereocenters. The molecule has 2 aromatic carbocycles. The zero-order valence-electron chi connectivity index (χ0n) is 17.5. The Hall–Kier alpha value is -1.87. The summed E-state index contributed by atoms with van der Waals surface area (Å²) in [5.41, 5.74) is 2.32. The smallest absolute Gasteiger partial charge is 0.266 e. The Labute approximate surface area is 195 Å². The van der Waals surface area contributed by atoms with Gasteiger partial charge in [0.15, 0.2) is 5.16 Å². The van der Waals surface area contributed by atoms with Gasteiger partial charge in [0, 0.05) is 16.7 Å². The van der Waals surface area contributed by atoms with E-state index in [0.29, 0.717) is 16.1 Å². The van der Waals surface area contributed by atoms with Crippen LogP contribution in [0.5, 0.6) is 0 Å². The lowest BCUT2D eigenvalue weighted by atomic mass is 10.2. The van der Waals surface area contributed by atoms with Crippen LogP contribution in [0.3, 0.4) is 0 Å². The molecule has 30 heavy (non-hydrogen) atoms. The molecule has 0 spiro atoms. The lowest BCUT2D eigenvalue weighted by Crippen LogP contribution is -2.34. The molecule has 0 aliphatic rings. The monoisotopic (exact) mass is 535 g/mol. The van der Waals surface area contributed by atoms with Gasteiger partial charge >= 0.3 is 0 Å². The van der Waals surface area contributed by atoms with Gasteiger partial charge in [-0.3, -0.25) is 14.2 Å². The second kappa shape index (κ2) is 10.4. The Morgan fingerprint density at radius 3 is 2.50 bits per heavy atom. The molecular formula is C23H26IN3O2S. The van der Waals surface area contributed by atoms with Gasteiger partial charge in [0.05, 0.1) is 22.3 Å². The number of rotatable bonds is 8. The van der Waals surface area contributed by atoms with Crippen LogP contribution in [0.2, 0.25) is 0 Å². The van der Waals surface area contributed by atoms with Gasteiger partial charge in [-0.25, -0.2) is 4.98 Å². The molecule has 7 heteroatoms. The maximum absolute atomic E-state index is 13.4. The summed E-state index contributed by atoms with van der Waals surface area (Å²) in [7, 11) is 0. The molecule has 1 amide bonds. The summed E-state index contributed by atoms with van der Waals surface area (Å²) >= 11 is 3.53. The minimum absolute atomic E-state index is 0.0805. The third-order valence-electron chi connectivity index (χ3n) is 4.82. The average Bonchev–Trinajstić information content (AvgIpc) is 2.73. The van der Waals surface area contributed by atoms with E-state index in [2.05, 4.69) is 36.4 Å². The van der Waals surface area contributed by atoms with E-state index in [0.717, 1.165) is 40.8 Å². The number of benzene rings is 2. The van der Waals surface area contributed by atoms with Crippen molar-refractivity contribution in [3.63, 3.8) is 0 Å². The number of nitrogens with zero attached hydrogens (tertiary/aromatic N) is 3. The molecule has 0 aliphatic heterocycles. The van der Waals surface area contributed by atoms with E-state index in [1.807, 2.05) is 54.3 Å². The average molecular weight is 535 g/mol. The molecule has 0 N–H and O–H groups in total. The highest BCUT2D eigenvalue weighted by Crippen LogP contribution is 2.24. The first-order valence-electron chi connectivity index (χ1n) is 10.1. The molecule has 5 nitrogen and oxygen atoms in total. The minimum atomic E-state index is -0.110. The molecule has 0 saturated heterocycles. The van der Waals surface area contributed by atoms with Crippen molar-refractivity contribution in [2.45, 2.75) is 38.8 Å². The molecule has 0 radical (unpaired) electrons. The molecule has 0 unspecified atom stereocenters. The van der Waals surface area contributed by atoms with Crippen molar-refractivity contribution in [1.29, 1.82) is 0 Å². The number of para-hydroxylation sites is 1. The summed E-state index contributed by atoms with van der Waals surface area (Å²) in [4.78, 5) is 32.9. The van der Waals surface area contributed by atoms with Crippen molar-refractivity contribution in [2.24, 2.45) is 0 Å². The van der Waals surface area contributed by atoms with E-state index in [-0.39, 0.29) is 17.2 Å². The second-order valence-corrected chi connectivity index (χ2v) is 9.34. The first kappa shape index (κ1) is 22.8. The zero-order valence-corrected chi connectivity index (χ0v) is 20.5. The van der Waals surface area contributed by atoms with E-state index in [1.54, 1.807) is 4.57 Å². The van der Waals surface area contributed by atoms with Crippen LogP contribution in [-0.4, -0.2) is 39.2 Å². The van der Waals surface area contributed by atoms with Gasteiger partial charge in [0.1, 0.15) is 0 Å². The predicted octanol–water partition coefficient (Wildman–Crippen LogP) is 5.04. The van der Waals surface area contributed by atoms with Gasteiger partial charge in [0.2, 0.25) is 5.91 Å². The first-order valence-corrected chi connectivity index (χ1v) is 12.2. The van der Waals surface area contributed by atoms with Crippen LogP contribution in [-0.2, 0) is 4.79 Å². The minimum Gasteiger partial charge on any atom is -0.342 e. The van der Waals surface area contributed by atoms with Crippen LogP contribution in [0.25, 0.3) is 16.6 Å². The molecule has 0 bridgehead atoms. The summed E-state index contributed by atoms with van der Waals surface area (Å²) in [6, 6.07) is 13.4. The number of hydrogen-bond acceptors (Lipinski definition) is 4. The van der Waals surface area contributed by atoms with E-state index in [9.17, 15) is 9.59 Å². The summed E-state index contributed by atoms with van der Waals surface area (Å²) in [5, 5.41) is 1.13. The number of aromatic nitrogens is 2. The van der Waals surface area contributed by atoms with Crippen molar-refractivity contribution in [1.82, 2.24) is 14.5 Å². The van der Waals surface area contributed by atoms with Crippen molar-refractivity contribution < 1.29 is 4.79 Å². The van der Waals surface area contributed by atoms with Crippen LogP contribution in [0.15, 0.2) is 52.4 Å². The molecule has 3 rings (SSSR count). The quantitative estimate of drug-likeness (QED) is 0.231. The Balaban J connectivity index is 2.06. The number of carbonyl (C=O) groups is 1. The molecule has 0 fully saturated rings. The van der Waals surface area contributed by atoms with Crippen molar-refractivity contribution in [2.75, 3.05) is 18.8 Å². The van der Waals surface area contributed by atoms with Gasteiger partial charge in [-0.05, 0) is 72.2 Å². The fraction of sp³-hybridized carbons (Fsp3) is 0.348. The number of hydrogen-bond donors (Lipinski definition) is 0. The Bertz CT molecular complexity index is 1110. The molecule has 1 aromatic heterocycles. The standard InChI is InChI=1S/C23H26IN3O2S/c1-4-12-26(13-5-2)21(28)15-30-23-25-19-11-10-17(24)14-18(19)22(29)27(23)20-9-7-6-8-16(20)3/h6-11,14H,4-5,12-13,15H2,1-3H3. The summed E-state index contributed by atoms with van der Waals surface area (Å²) < 4.78 is 2.64. The van der Waals surface area contributed by atoms with Crippen LogP contribution in [0, 0.1) is 10.5 Å². The summed E-state index contributed by atoms with van der Waals surface area (Å²) in [5.74, 6) is 0.339. The van der Waals surface area contributed by atoms with E-state index in [1.165, 1.54) is 11.8 Å². The number of amides is 1. The largest absolute Gasteiger partial charge is 0.342 e. The van der Waals surface area contributed by atoms with Gasteiger partial charge in [0.25, 0.3) is 5.56 Å². The SMILES string of the molecule is CCCN(CCC)C(=O)CSc1nc2ccc(I)cc2c(=O)n1-c1ccccc1C. The molecular weight excluding hydrogens is 509 g/mol. The third-order valence-corrected chi connectivity index (χ3v) is 6.41. The van der Waals surface area contributed by atoms with Crippen LogP contribution >= 0.6 is 34.4 Å². The maximum Gasteiger partial charge on any atom is 0.266 e. The number of fused-ring (bicyclic) bond motifs is 1. The fourth-order valence-electron chi connectivity index (χ4n) is 3.38. The van der Waals surface area contributed by atoms with Gasteiger partial charge in [-0.15, -0.1) is 0 Å². The highest BCUT2D eigenvalue weighted by Gasteiger charge is 2.18. The first-order chi connectivity index (χ1) is 14.5. The number of carbonyl (C=O) groups excluding carboxylic acids is 1. The zero-order chi connectivity index (χ0) is 21.7. The molecule has 0 saturated carbocycles.